The van der Waals surface area contributed by atoms with Crippen LogP contribution in [0.15, 0.2) is 41.2 Å². The maximum Gasteiger partial charge on any atom is 0.267 e. The Hall–Kier alpha value is -2.14. The van der Waals surface area contributed by atoms with E-state index in [4.69, 9.17) is 11.6 Å². The van der Waals surface area contributed by atoms with E-state index in [2.05, 4.69) is 10.4 Å². The Morgan fingerprint density at radius 1 is 1.30 bits per heavy atom. The highest BCUT2D eigenvalue weighted by Crippen LogP contribution is 2.24. The molecule has 2 aromatic rings. The number of rotatable bonds is 5. The molecule has 0 unspecified atom stereocenters. The molecule has 6 heteroatoms. The summed E-state index contributed by atoms with van der Waals surface area (Å²) in [4.78, 5) is 23.8. The lowest BCUT2D eigenvalue weighted by Crippen LogP contribution is -2.40. The zero-order valence-corrected chi connectivity index (χ0v) is 14.2. The third kappa shape index (κ3) is 4.66. The molecule has 1 amide bonds. The third-order valence-corrected chi connectivity index (χ3v) is 3.86. The number of benzene rings is 1. The first-order valence-corrected chi connectivity index (χ1v) is 7.73. The van der Waals surface area contributed by atoms with Crippen molar-refractivity contribution in [3.63, 3.8) is 0 Å². The van der Waals surface area contributed by atoms with E-state index in [1.807, 2.05) is 38.1 Å². The van der Waals surface area contributed by atoms with Gasteiger partial charge < -0.3 is 5.32 Å². The van der Waals surface area contributed by atoms with E-state index in [0.717, 1.165) is 10.2 Å². The molecule has 0 aliphatic rings. The van der Waals surface area contributed by atoms with Crippen molar-refractivity contribution in [3.8, 4) is 0 Å². The van der Waals surface area contributed by atoms with Crippen LogP contribution in [-0.2, 0) is 16.8 Å². The quantitative estimate of drug-likeness (QED) is 0.913. The minimum Gasteiger partial charge on any atom is -0.354 e. The zero-order valence-electron chi connectivity index (χ0n) is 13.5. The van der Waals surface area contributed by atoms with Crippen molar-refractivity contribution in [3.05, 3.63) is 63.0 Å². The highest BCUT2D eigenvalue weighted by molar-refractivity contribution is 6.30. The van der Waals surface area contributed by atoms with E-state index in [-0.39, 0.29) is 23.4 Å². The predicted octanol–water partition coefficient (Wildman–Crippen LogP) is 2.30. The molecule has 0 saturated heterocycles. The normalized spacial score (nSPS) is 11.3. The molecule has 0 spiro atoms. The molecule has 0 saturated carbocycles. The molecule has 122 valence electrons. The summed E-state index contributed by atoms with van der Waals surface area (Å²) in [5.74, 6) is -0.250. The largest absolute Gasteiger partial charge is 0.354 e. The summed E-state index contributed by atoms with van der Waals surface area (Å²) in [6.07, 6.45) is 0. The van der Waals surface area contributed by atoms with E-state index < -0.39 is 0 Å². The van der Waals surface area contributed by atoms with Crippen molar-refractivity contribution < 1.29 is 4.79 Å². The summed E-state index contributed by atoms with van der Waals surface area (Å²) in [6.45, 7) is 6.17. The topological polar surface area (TPSA) is 64.0 Å². The van der Waals surface area contributed by atoms with Crippen LogP contribution in [0.4, 0.5) is 0 Å². The van der Waals surface area contributed by atoms with Crippen LogP contribution in [-0.4, -0.2) is 22.2 Å². The number of aromatic nitrogens is 2. The van der Waals surface area contributed by atoms with Crippen molar-refractivity contribution in [1.29, 1.82) is 0 Å². The van der Waals surface area contributed by atoms with Gasteiger partial charge in [0.1, 0.15) is 6.54 Å². The van der Waals surface area contributed by atoms with Gasteiger partial charge in [-0.15, -0.1) is 0 Å². The fourth-order valence-electron chi connectivity index (χ4n) is 2.19. The van der Waals surface area contributed by atoms with E-state index in [1.165, 1.54) is 6.07 Å². The molecule has 5 nitrogen and oxygen atoms in total. The molecule has 0 fully saturated rings. The number of carbonyl (C=O) groups is 1. The maximum atomic E-state index is 12.1. The molecule has 1 N–H and O–H groups in total. The van der Waals surface area contributed by atoms with Gasteiger partial charge in [0.25, 0.3) is 5.56 Å². The Balaban J connectivity index is 2.01. The van der Waals surface area contributed by atoms with E-state index in [0.29, 0.717) is 17.3 Å². The lowest BCUT2D eigenvalue weighted by molar-refractivity contribution is -0.122. The second kappa shape index (κ2) is 6.96. The first-order valence-electron chi connectivity index (χ1n) is 7.35. The van der Waals surface area contributed by atoms with Gasteiger partial charge in [-0.25, -0.2) is 4.68 Å². The summed E-state index contributed by atoms with van der Waals surface area (Å²) in [7, 11) is 0. The van der Waals surface area contributed by atoms with Crippen molar-refractivity contribution in [2.45, 2.75) is 32.7 Å². The van der Waals surface area contributed by atoms with Gasteiger partial charge in [-0.1, -0.05) is 37.6 Å². The Kier molecular flexibility index (Phi) is 5.21. The highest BCUT2D eigenvalue weighted by atomic mass is 35.5. The Labute approximate surface area is 140 Å². The zero-order chi connectivity index (χ0) is 17.0. The van der Waals surface area contributed by atoms with Crippen LogP contribution in [0.3, 0.4) is 0 Å². The molecule has 0 aliphatic carbocycles. The van der Waals surface area contributed by atoms with Crippen LogP contribution in [0.2, 0.25) is 5.02 Å². The molecular formula is C17H20ClN3O2. The first-order chi connectivity index (χ1) is 10.8. The number of carbonyl (C=O) groups excluding carboxylic acids is 1. The summed E-state index contributed by atoms with van der Waals surface area (Å²) in [6, 6.07) is 10.6. The molecule has 1 heterocycles. The smallest absolute Gasteiger partial charge is 0.267 e. The summed E-state index contributed by atoms with van der Waals surface area (Å²) >= 11 is 6.02. The van der Waals surface area contributed by atoms with Crippen molar-refractivity contribution in [2.75, 3.05) is 6.54 Å². The predicted molar refractivity (Wildman–Crippen MR) is 90.7 cm³/mol. The number of aryl methyl sites for hydroxylation is 1. The fourth-order valence-corrected chi connectivity index (χ4v) is 2.38. The van der Waals surface area contributed by atoms with E-state index >= 15 is 0 Å². The van der Waals surface area contributed by atoms with Crippen LogP contribution in [0, 0.1) is 6.92 Å². The number of nitrogens with zero attached hydrogens (tertiary/aromatic N) is 2. The molecule has 1 aromatic heterocycles. The van der Waals surface area contributed by atoms with Gasteiger partial charge in [0.2, 0.25) is 5.91 Å². The average molecular weight is 334 g/mol. The van der Waals surface area contributed by atoms with Gasteiger partial charge in [0, 0.05) is 23.0 Å². The molecule has 0 radical (unpaired) electrons. The second-order valence-corrected chi connectivity index (χ2v) is 6.58. The lowest BCUT2D eigenvalue weighted by atomic mass is 9.84. The molecule has 23 heavy (non-hydrogen) atoms. The van der Waals surface area contributed by atoms with Crippen LogP contribution >= 0.6 is 11.6 Å². The first kappa shape index (κ1) is 17.2. The lowest BCUT2D eigenvalue weighted by Gasteiger charge is -2.26. The number of halogens is 1. The standard InChI is InChI=1S/C17H20ClN3O2/c1-12-7-8-16(23)21(20-12)10-15(22)19-11-17(2,3)13-5-4-6-14(18)9-13/h4-9H,10-11H2,1-3H3,(H,19,22). The molecule has 0 bridgehead atoms. The van der Waals surface area contributed by atoms with Crippen LogP contribution in [0.5, 0.6) is 0 Å². The molecular weight excluding hydrogens is 314 g/mol. The van der Waals surface area contributed by atoms with Crippen LogP contribution < -0.4 is 10.9 Å². The van der Waals surface area contributed by atoms with Crippen LogP contribution in [0.1, 0.15) is 25.1 Å². The monoisotopic (exact) mass is 333 g/mol. The minimum absolute atomic E-state index is 0.0911. The highest BCUT2D eigenvalue weighted by Gasteiger charge is 2.21. The maximum absolute atomic E-state index is 12.1. The average Bonchev–Trinajstić information content (AvgIpc) is 2.49. The van der Waals surface area contributed by atoms with Gasteiger partial charge in [0.15, 0.2) is 0 Å². The fraction of sp³-hybridized carbons (Fsp3) is 0.353. The summed E-state index contributed by atoms with van der Waals surface area (Å²) in [5, 5.41) is 7.57. The number of nitrogens with one attached hydrogen (secondary N) is 1. The van der Waals surface area contributed by atoms with Gasteiger partial charge in [-0.05, 0) is 30.7 Å². The molecule has 1 aromatic carbocycles. The molecule has 0 atom stereocenters. The molecule has 2 rings (SSSR count). The molecule has 0 aliphatic heterocycles. The third-order valence-electron chi connectivity index (χ3n) is 3.63. The van der Waals surface area contributed by atoms with E-state index in [1.54, 1.807) is 13.0 Å². The van der Waals surface area contributed by atoms with Gasteiger partial charge in [0.05, 0.1) is 5.69 Å². The van der Waals surface area contributed by atoms with Gasteiger partial charge >= 0.3 is 0 Å². The SMILES string of the molecule is Cc1ccc(=O)n(CC(=O)NCC(C)(C)c2cccc(Cl)c2)n1. The van der Waals surface area contributed by atoms with E-state index in [9.17, 15) is 9.59 Å². The number of amides is 1. The van der Waals surface area contributed by atoms with Crippen molar-refractivity contribution in [1.82, 2.24) is 15.1 Å². The van der Waals surface area contributed by atoms with Crippen molar-refractivity contribution >= 4 is 17.5 Å². The number of hydrogen-bond donors (Lipinski definition) is 1. The Morgan fingerprint density at radius 2 is 2.04 bits per heavy atom. The summed E-state index contributed by atoms with van der Waals surface area (Å²) in [5.41, 5.74) is 1.17. The number of hydrogen-bond acceptors (Lipinski definition) is 3. The van der Waals surface area contributed by atoms with Crippen LogP contribution in [0.25, 0.3) is 0 Å². The summed E-state index contributed by atoms with van der Waals surface area (Å²) < 4.78 is 1.16. The minimum atomic E-state index is -0.292. The second-order valence-electron chi connectivity index (χ2n) is 6.14. The Bertz CT molecular complexity index is 768. The Morgan fingerprint density at radius 3 is 2.74 bits per heavy atom. The van der Waals surface area contributed by atoms with Crippen molar-refractivity contribution in [2.24, 2.45) is 0 Å². The van der Waals surface area contributed by atoms with Gasteiger partial charge in [-0.3, -0.25) is 9.59 Å². The van der Waals surface area contributed by atoms with Gasteiger partial charge in [-0.2, -0.15) is 5.10 Å².